The van der Waals surface area contributed by atoms with Gasteiger partial charge in [0.05, 0.1) is 7.11 Å². The van der Waals surface area contributed by atoms with E-state index in [-0.39, 0.29) is 12.5 Å². The summed E-state index contributed by atoms with van der Waals surface area (Å²) in [6.45, 7) is 3.42. The molecule has 0 N–H and O–H groups in total. The molecule has 1 saturated heterocycles. The van der Waals surface area contributed by atoms with Crippen LogP contribution < -0.4 is 4.74 Å². The molecule has 0 aromatic heterocycles. The average molecular weight is 341 g/mol. The van der Waals surface area contributed by atoms with Crippen molar-refractivity contribution in [3.05, 3.63) is 42.0 Å². The molecule has 3 rings (SSSR count). The smallest absolute Gasteiger partial charge is 0.342 e. The molecule has 0 radical (unpaired) electrons. The molecule has 1 aliphatic heterocycles. The van der Waals surface area contributed by atoms with Gasteiger partial charge in [-0.1, -0.05) is 31.2 Å². The van der Waals surface area contributed by atoms with E-state index in [0.717, 1.165) is 36.7 Å². The van der Waals surface area contributed by atoms with Gasteiger partial charge in [0.25, 0.3) is 5.91 Å². The first-order valence-electron chi connectivity index (χ1n) is 8.60. The first-order chi connectivity index (χ1) is 12.1. The maximum absolute atomic E-state index is 12.4. The molecule has 1 amide bonds. The van der Waals surface area contributed by atoms with E-state index in [2.05, 4.69) is 6.92 Å². The summed E-state index contributed by atoms with van der Waals surface area (Å²) in [6.07, 6.45) is 2.00. The third-order valence-corrected chi connectivity index (χ3v) is 4.75. The number of carbonyl (C=O) groups excluding carboxylic acids is 2. The Morgan fingerprint density at radius 2 is 1.76 bits per heavy atom. The fraction of sp³-hybridized carbons (Fsp3) is 0.400. The van der Waals surface area contributed by atoms with Crippen LogP contribution in [0.4, 0.5) is 0 Å². The van der Waals surface area contributed by atoms with Crippen LogP contribution in [0.5, 0.6) is 5.75 Å². The highest BCUT2D eigenvalue weighted by atomic mass is 16.5. The van der Waals surface area contributed by atoms with Gasteiger partial charge in [0.2, 0.25) is 0 Å². The summed E-state index contributed by atoms with van der Waals surface area (Å²) >= 11 is 0. The quantitative estimate of drug-likeness (QED) is 0.801. The van der Waals surface area contributed by atoms with E-state index >= 15 is 0 Å². The summed E-state index contributed by atoms with van der Waals surface area (Å²) < 4.78 is 10.6. The van der Waals surface area contributed by atoms with Crippen molar-refractivity contribution in [3.63, 3.8) is 0 Å². The lowest BCUT2D eigenvalue weighted by atomic mass is 9.99. The van der Waals surface area contributed by atoms with Crippen LogP contribution in [0.25, 0.3) is 10.8 Å². The molecular weight excluding hydrogens is 318 g/mol. The molecule has 0 spiro atoms. The summed E-state index contributed by atoms with van der Waals surface area (Å²) in [5.41, 5.74) is 0.335. The van der Waals surface area contributed by atoms with Crippen LogP contribution in [-0.4, -0.2) is 43.6 Å². The molecule has 2 aromatic carbocycles. The Hall–Kier alpha value is -2.56. The second kappa shape index (κ2) is 7.55. The molecule has 0 atom stereocenters. The zero-order chi connectivity index (χ0) is 17.8. The van der Waals surface area contributed by atoms with Crippen molar-refractivity contribution in [1.29, 1.82) is 0 Å². The second-order valence-electron chi connectivity index (χ2n) is 6.54. The van der Waals surface area contributed by atoms with Gasteiger partial charge in [0, 0.05) is 13.1 Å². The first-order valence-corrected chi connectivity index (χ1v) is 8.60. The maximum Gasteiger partial charge on any atom is 0.342 e. The molecule has 0 aliphatic carbocycles. The highest BCUT2D eigenvalue weighted by Gasteiger charge is 2.22. The van der Waals surface area contributed by atoms with Crippen molar-refractivity contribution in [2.45, 2.75) is 19.8 Å². The van der Waals surface area contributed by atoms with E-state index in [1.807, 2.05) is 24.3 Å². The number of ether oxygens (including phenoxy) is 2. The van der Waals surface area contributed by atoms with E-state index in [1.54, 1.807) is 17.0 Å². The zero-order valence-electron chi connectivity index (χ0n) is 14.7. The number of nitrogens with zero attached hydrogens (tertiary/aromatic N) is 1. The van der Waals surface area contributed by atoms with Crippen molar-refractivity contribution in [3.8, 4) is 5.75 Å². The third-order valence-electron chi connectivity index (χ3n) is 4.75. The maximum atomic E-state index is 12.4. The van der Waals surface area contributed by atoms with Gasteiger partial charge in [0.1, 0.15) is 11.3 Å². The Balaban J connectivity index is 1.68. The molecule has 1 aliphatic rings. The van der Waals surface area contributed by atoms with Gasteiger partial charge < -0.3 is 14.4 Å². The minimum absolute atomic E-state index is 0.139. The molecule has 5 heteroatoms. The number of amides is 1. The SMILES string of the molecule is COc1cc2ccccc2cc1C(=O)OCC(=O)N1CCC(C)CC1. The molecule has 0 unspecified atom stereocenters. The Labute approximate surface area is 147 Å². The topological polar surface area (TPSA) is 55.8 Å². The molecule has 0 bridgehead atoms. The monoisotopic (exact) mass is 341 g/mol. The Bertz CT molecular complexity index is 778. The standard InChI is InChI=1S/C20H23NO4/c1-14-7-9-21(10-8-14)19(22)13-25-20(23)17-11-15-5-3-4-6-16(15)12-18(17)24-2/h3-6,11-12,14H,7-10,13H2,1-2H3. The highest BCUT2D eigenvalue weighted by Crippen LogP contribution is 2.26. The first kappa shape index (κ1) is 17.3. The largest absolute Gasteiger partial charge is 0.496 e. The van der Waals surface area contributed by atoms with Gasteiger partial charge in [-0.2, -0.15) is 0 Å². The lowest BCUT2D eigenvalue weighted by molar-refractivity contribution is -0.135. The normalized spacial score (nSPS) is 15.2. The number of fused-ring (bicyclic) bond motifs is 1. The van der Waals surface area contributed by atoms with Crippen LogP contribution in [-0.2, 0) is 9.53 Å². The number of esters is 1. The zero-order valence-corrected chi connectivity index (χ0v) is 14.7. The van der Waals surface area contributed by atoms with E-state index in [9.17, 15) is 9.59 Å². The van der Waals surface area contributed by atoms with E-state index < -0.39 is 5.97 Å². The summed E-state index contributed by atoms with van der Waals surface area (Å²) in [4.78, 5) is 26.4. The number of rotatable bonds is 4. The number of hydrogen-bond donors (Lipinski definition) is 0. The molecular formula is C20H23NO4. The Morgan fingerprint density at radius 3 is 2.40 bits per heavy atom. The highest BCUT2D eigenvalue weighted by molar-refractivity contribution is 5.99. The fourth-order valence-electron chi connectivity index (χ4n) is 3.10. The van der Waals surface area contributed by atoms with Crippen LogP contribution in [0.1, 0.15) is 30.1 Å². The minimum Gasteiger partial charge on any atom is -0.496 e. The molecule has 0 saturated carbocycles. The van der Waals surface area contributed by atoms with Gasteiger partial charge in [-0.3, -0.25) is 4.79 Å². The van der Waals surface area contributed by atoms with Gasteiger partial charge in [0.15, 0.2) is 6.61 Å². The Kier molecular flexibility index (Phi) is 5.22. The Morgan fingerprint density at radius 1 is 1.12 bits per heavy atom. The average Bonchev–Trinajstić information content (AvgIpc) is 2.65. The van der Waals surface area contributed by atoms with Crippen molar-refractivity contribution in [1.82, 2.24) is 4.90 Å². The number of piperidine rings is 1. The number of carbonyl (C=O) groups is 2. The molecule has 1 heterocycles. The van der Waals surface area contributed by atoms with Crippen molar-refractivity contribution in [2.75, 3.05) is 26.8 Å². The third kappa shape index (κ3) is 3.92. The van der Waals surface area contributed by atoms with Crippen molar-refractivity contribution < 1.29 is 19.1 Å². The van der Waals surface area contributed by atoms with Gasteiger partial charge in [-0.15, -0.1) is 0 Å². The lowest BCUT2D eigenvalue weighted by Gasteiger charge is -2.30. The van der Waals surface area contributed by atoms with E-state index in [0.29, 0.717) is 17.2 Å². The minimum atomic E-state index is -0.540. The van der Waals surface area contributed by atoms with Gasteiger partial charge in [-0.25, -0.2) is 4.79 Å². The molecule has 2 aromatic rings. The number of likely N-dealkylation sites (tertiary alicyclic amines) is 1. The molecule has 132 valence electrons. The molecule has 1 fully saturated rings. The number of benzene rings is 2. The lowest BCUT2D eigenvalue weighted by Crippen LogP contribution is -2.40. The van der Waals surface area contributed by atoms with Crippen LogP contribution in [0, 0.1) is 5.92 Å². The van der Waals surface area contributed by atoms with E-state index in [1.165, 1.54) is 7.11 Å². The number of hydrogen-bond acceptors (Lipinski definition) is 4. The summed E-state index contributed by atoms with van der Waals surface area (Å²) in [5.74, 6) is 0.415. The van der Waals surface area contributed by atoms with Crippen molar-refractivity contribution >= 4 is 22.6 Å². The number of methoxy groups -OCH3 is 1. The van der Waals surface area contributed by atoms with E-state index in [4.69, 9.17) is 9.47 Å². The van der Waals surface area contributed by atoms with Crippen LogP contribution in [0.3, 0.4) is 0 Å². The summed E-state index contributed by atoms with van der Waals surface area (Å²) in [5, 5.41) is 1.90. The molecule has 5 nitrogen and oxygen atoms in total. The van der Waals surface area contributed by atoms with Crippen LogP contribution in [0.2, 0.25) is 0 Å². The fourth-order valence-corrected chi connectivity index (χ4v) is 3.10. The van der Waals surface area contributed by atoms with Gasteiger partial charge >= 0.3 is 5.97 Å². The van der Waals surface area contributed by atoms with Crippen LogP contribution >= 0.6 is 0 Å². The predicted molar refractivity (Wildman–Crippen MR) is 95.8 cm³/mol. The van der Waals surface area contributed by atoms with Crippen molar-refractivity contribution in [2.24, 2.45) is 5.92 Å². The van der Waals surface area contributed by atoms with Crippen LogP contribution in [0.15, 0.2) is 36.4 Å². The second-order valence-corrected chi connectivity index (χ2v) is 6.54. The van der Waals surface area contributed by atoms with Gasteiger partial charge in [-0.05, 0) is 41.7 Å². The predicted octanol–water partition coefficient (Wildman–Crippen LogP) is 3.26. The molecule has 25 heavy (non-hydrogen) atoms. The summed E-state index contributed by atoms with van der Waals surface area (Å²) in [6, 6.07) is 11.3. The summed E-state index contributed by atoms with van der Waals surface area (Å²) in [7, 11) is 1.51.